The Labute approximate surface area is 150 Å². The topological polar surface area (TPSA) is 64.2 Å². The molecule has 0 spiro atoms. The normalized spacial score (nSPS) is 10.8. The fourth-order valence-corrected chi connectivity index (χ4v) is 3.31. The summed E-state index contributed by atoms with van der Waals surface area (Å²) in [4.78, 5) is 14.0. The Hall–Kier alpha value is -2.54. The van der Waals surface area contributed by atoms with Crippen LogP contribution in [-0.2, 0) is 11.3 Å². The van der Waals surface area contributed by atoms with Gasteiger partial charge in [-0.25, -0.2) is 0 Å². The van der Waals surface area contributed by atoms with Gasteiger partial charge in [0, 0.05) is 7.05 Å². The number of hydrogen-bond acceptors (Lipinski definition) is 5. The lowest BCUT2D eigenvalue weighted by Gasteiger charge is -2.15. The summed E-state index contributed by atoms with van der Waals surface area (Å²) in [6, 6.07) is 11.8. The average Bonchev–Trinajstić information content (AvgIpc) is 3.22. The van der Waals surface area contributed by atoms with Gasteiger partial charge in [0.25, 0.3) is 0 Å². The molecule has 25 heavy (non-hydrogen) atoms. The van der Waals surface area contributed by atoms with Crippen molar-refractivity contribution in [3.8, 4) is 5.69 Å². The molecule has 0 saturated heterocycles. The summed E-state index contributed by atoms with van der Waals surface area (Å²) >= 11 is 1.38. The lowest BCUT2D eigenvalue weighted by atomic mass is 10.2. The third-order valence-corrected chi connectivity index (χ3v) is 4.76. The summed E-state index contributed by atoms with van der Waals surface area (Å²) in [6.07, 6.45) is 1.67. The van der Waals surface area contributed by atoms with Crippen molar-refractivity contribution in [1.29, 1.82) is 0 Å². The number of benzene rings is 1. The summed E-state index contributed by atoms with van der Waals surface area (Å²) in [5.41, 5.74) is 2.14. The molecule has 130 valence electrons. The van der Waals surface area contributed by atoms with Gasteiger partial charge in [-0.15, -0.1) is 10.2 Å². The van der Waals surface area contributed by atoms with Crippen molar-refractivity contribution in [1.82, 2.24) is 19.7 Å². The molecule has 0 aliphatic heterocycles. The number of carbonyl (C=O) groups excluding carboxylic acids is 1. The fraction of sp³-hybridized carbons (Fsp3) is 0.278. The highest BCUT2D eigenvalue weighted by Gasteiger charge is 2.15. The van der Waals surface area contributed by atoms with Gasteiger partial charge in [-0.2, -0.15) is 0 Å². The minimum atomic E-state index is 0.0124. The van der Waals surface area contributed by atoms with Crippen molar-refractivity contribution in [2.24, 2.45) is 0 Å². The lowest BCUT2D eigenvalue weighted by Crippen LogP contribution is -2.27. The molecule has 0 aliphatic rings. The Kier molecular flexibility index (Phi) is 5.23. The molecule has 1 aromatic carbocycles. The van der Waals surface area contributed by atoms with Gasteiger partial charge in [-0.1, -0.05) is 30.0 Å². The van der Waals surface area contributed by atoms with Crippen molar-refractivity contribution in [2.45, 2.75) is 25.5 Å². The Morgan fingerprint density at radius 1 is 1.24 bits per heavy atom. The Morgan fingerprint density at radius 3 is 2.76 bits per heavy atom. The van der Waals surface area contributed by atoms with Crippen LogP contribution in [-0.4, -0.2) is 38.4 Å². The van der Waals surface area contributed by atoms with Crippen molar-refractivity contribution >= 4 is 17.7 Å². The lowest BCUT2D eigenvalue weighted by molar-refractivity contribution is -0.127. The molecule has 0 bridgehead atoms. The fourth-order valence-electron chi connectivity index (χ4n) is 2.45. The first-order chi connectivity index (χ1) is 12.0. The van der Waals surface area contributed by atoms with Gasteiger partial charge >= 0.3 is 0 Å². The first-order valence-corrected chi connectivity index (χ1v) is 8.91. The Balaban J connectivity index is 1.63. The molecule has 0 N–H and O–H groups in total. The SMILES string of the molecule is Cc1ccc(CN(C)C(=O)CSc2nncn2-c2ccccc2C)o1. The smallest absolute Gasteiger partial charge is 0.233 e. The number of aromatic nitrogens is 3. The van der Waals surface area contributed by atoms with Crippen LogP contribution >= 0.6 is 11.8 Å². The zero-order valence-corrected chi connectivity index (χ0v) is 15.3. The summed E-state index contributed by atoms with van der Waals surface area (Å²) in [5, 5.41) is 8.82. The minimum absolute atomic E-state index is 0.0124. The van der Waals surface area contributed by atoms with E-state index in [-0.39, 0.29) is 5.91 Å². The summed E-state index contributed by atoms with van der Waals surface area (Å²) < 4.78 is 7.42. The summed E-state index contributed by atoms with van der Waals surface area (Å²) in [6.45, 7) is 4.38. The largest absolute Gasteiger partial charge is 0.464 e. The molecule has 0 atom stereocenters. The van der Waals surface area contributed by atoms with Gasteiger partial charge in [0.15, 0.2) is 5.16 Å². The predicted octanol–water partition coefficient (Wildman–Crippen LogP) is 3.23. The van der Waals surface area contributed by atoms with E-state index in [4.69, 9.17) is 4.42 Å². The van der Waals surface area contributed by atoms with Crippen LogP contribution in [0.15, 0.2) is 52.3 Å². The zero-order valence-electron chi connectivity index (χ0n) is 14.5. The maximum Gasteiger partial charge on any atom is 0.233 e. The zero-order chi connectivity index (χ0) is 17.8. The highest BCUT2D eigenvalue weighted by atomic mass is 32.2. The van der Waals surface area contributed by atoms with E-state index < -0.39 is 0 Å². The number of hydrogen-bond donors (Lipinski definition) is 0. The number of amides is 1. The van der Waals surface area contributed by atoms with Crippen molar-refractivity contribution in [3.63, 3.8) is 0 Å². The molecule has 0 radical (unpaired) electrons. The third kappa shape index (κ3) is 4.11. The van der Waals surface area contributed by atoms with Crippen LogP contribution in [0.4, 0.5) is 0 Å². The van der Waals surface area contributed by atoms with Crippen molar-refractivity contribution < 1.29 is 9.21 Å². The predicted molar refractivity (Wildman–Crippen MR) is 96.7 cm³/mol. The van der Waals surface area contributed by atoms with E-state index in [1.165, 1.54) is 11.8 Å². The van der Waals surface area contributed by atoms with Crippen LogP contribution in [0.3, 0.4) is 0 Å². The van der Waals surface area contributed by atoms with E-state index in [1.54, 1.807) is 18.3 Å². The molecule has 7 heteroatoms. The average molecular weight is 356 g/mol. The Morgan fingerprint density at radius 2 is 2.04 bits per heavy atom. The van der Waals surface area contributed by atoms with E-state index in [1.807, 2.05) is 54.8 Å². The second-order valence-corrected chi connectivity index (χ2v) is 6.76. The van der Waals surface area contributed by atoms with Gasteiger partial charge in [-0.3, -0.25) is 9.36 Å². The van der Waals surface area contributed by atoms with E-state index in [9.17, 15) is 4.79 Å². The number of nitrogens with zero attached hydrogens (tertiary/aromatic N) is 4. The summed E-state index contributed by atoms with van der Waals surface area (Å²) in [5.74, 6) is 1.93. The van der Waals surface area contributed by atoms with E-state index >= 15 is 0 Å². The van der Waals surface area contributed by atoms with E-state index in [0.29, 0.717) is 17.5 Å². The number of aryl methyl sites for hydroxylation is 2. The molecular weight excluding hydrogens is 336 g/mol. The van der Waals surface area contributed by atoms with Crippen molar-refractivity contribution in [2.75, 3.05) is 12.8 Å². The Bertz CT molecular complexity index is 871. The van der Waals surface area contributed by atoms with Crippen LogP contribution in [0.25, 0.3) is 5.69 Å². The van der Waals surface area contributed by atoms with Crippen LogP contribution in [0, 0.1) is 13.8 Å². The molecule has 0 fully saturated rings. The maximum atomic E-state index is 12.4. The second kappa shape index (κ2) is 7.57. The molecule has 2 heterocycles. The highest BCUT2D eigenvalue weighted by molar-refractivity contribution is 7.99. The molecule has 0 unspecified atom stereocenters. The second-order valence-electron chi connectivity index (χ2n) is 5.82. The molecule has 1 amide bonds. The molecule has 2 aromatic heterocycles. The molecule has 6 nitrogen and oxygen atoms in total. The quantitative estimate of drug-likeness (QED) is 0.635. The van der Waals surface area contributed by atoms with Crippen LogP contribution in [0.1, 0.15) is 17.1 Å². The first-order valence-electron chi connectivity index (χ1n) is 7.92. The summed E-state index contributed by atoms with van der Waals surface area (Å²) in [7, 11) is 1.77. The standard InChI is InChI=1S/C18H20N4O2S/c1-13-6-4-5-7-16(13)22-12-19-20-18(22)25-11-17(23)21(3)10-15-9-8-14(2)24-15/h4-9,12H,10-11H2,1-3H3. The van der Waals surface area contributed by atoms with Gasteiger partial charge in [0.2, 0.25) is 5.91 Å². The number of para-hydroxylation sites is 1. The van der Waals surface area contributed by atoms with Crippen LogP contribution in [0.5, 0.6) is 0 Å². The maximum absolute atomic E-state index is 12.4. The van der Waals surface area contributed by atoms with E-state index in [2.05, 4.69) is 10.2 Å². The molecule has 3 aromatic rings. The molecule has 0 saturated carbocycles. The number of rotatable bonds is 6. The monoisotopic (exact) mass is 356 g/mol. The van der Waals surface area contributed by atoms with Gasteiger partial charge in [-0.05, 0) is 37.6 Å². The third-order valence-electron chi connectivity index (χ3n) is 3.83. The highest BCUT2D eigenvalue weighted by Crippen LogP contribution is 2.22. The number of thioether (sulfide) groups is 1. The number of furan rings is 1. The van der Waals surface area contributed by atoms with Gasteiger partial charge in [0.1, 0.15) is 17.8 Å². The van der Waals surface area contributed by atoms with Gasteiger partial charge in [0.05, 0.1) is 18.0 Å². The minimum Gasteiger partial charge on any atom is -0.464 e. The van der Waals surface area contributed by atoms with Crippen LogP contribution in [0.2, 0.25) is 0 Å². The first kappa shape index (κ1) is 17.3. The van der Waals surface area contributed by atoms with Crippen molar-refractivity contribution in [3.05, 3.63) is 59.8 Å². The van der Waals surface area contributed by atoms with Gasteiger partial charge < -0.3 is 9.32 Å². The number of carbonyl (C=O) groups is 1. The molecule has 0 aliphatic carbocycles. The molecule has 3 rings (SSSR count). The van der Waals surface area contributed by atoms with Crippen LogP contribution < -0.4 is 0 Å². The molecular formula is C18H20N4O2S. The van der Waals surface area contributed by atoms with E-state index in [0.717, 1.165) is 22.8 Å².